The van der Waals surface area contributed by atoms with E-state index in [0.29, 0.717) is 5.02 Å². The number of nitrogens with one attached hydrogen (secondary N) is 1. The lowest BCUT2D eigenvalue weighted by Crippen LogP contribution is -2.38. The van der Waals surface area contributed by atoms with Crippen molar-refractivity contribution < 1.29 is 0 Å². The molecule has 0 aliphatic carbocycles. The van der Waals surface area contributed by atoms with Gasteiger partial charge in [0.25, 0.3) is 0 Å². The summed E-state index contributed by atoms with van der Waals surface area (Å²) in [7, 11) is 1.91. The molecule has 0 aliphatic rings. The van der Waals surface area contributed by atoms with Crippen molar-refractivity contribution >= 4 is 11.6 Å². The van der Waals surface area contributed by atoms with E-state index in [0.717, 1.165) is 17.9 Å². The predicted octanol–water partition coefficient (Wildman–Crippen LogP) is 2.16. The Morgan fingerprint density at radius 1 is 1.33 bits per heavy atom. The molecular weight excluding hydrogens is 250 g/mol. The van der Waals surface area contributed by atoms with Crippen LogP contribution < -0.4 is 5.32 Å². The summed E-state index contributed by atoms with van der Waals surface area (Å²) < 4.78 is 1.73. The van der Waals surface area contributed by atoms with Gasteiger partial charge in [-0.05, 0) is 55.1 Å². The number of hydrogen-bond donors (Lipinski definition) is 1. The van der Waals surface area contributed by atoms with Crippen molar-refractivity contribution in [2.24, 2.45) is 0 Å². The van der Waals surface area contributed by atoms with Crippen molar-refractivity contribution in [3.05, 3.63) is 35.1 Å². The number of rotatable bonds is 4. The second-order valence-corrected chi connectivity index (χ2v) is 4.76. The van der Waals surface area contributed by atoms with E-state index in [1.165, 1.54) is 0 Å². The van der Waals surface area contributed by atoms with Crippen molar-refractivity contribution in [3.8, 4) is 5.69 Å². The minimum Gasteiger partial charge on any atom is -0.308 e. The smallest absolute Gasteiger partial charge is 0.176 e. The molecule has 1 heterocycles. The Hall–Kier alpha value is -1.46. The molecule has 18 heavy (non-hydrogen) atoms. The van der Waals surface area contributed by atoms with E-state index in [1.54, 1.807) is 4.68 Å². The zero-order chi connectivity index (χ0) is 13.2. The molecule has 5 nitrogen and oxygen atoms in total. The predicted molar refractivity (Wildman–Crippen MR) is 70.9 cm³/mol. The van der Waals surface area contributed by atoms with Gasteiger partial charge in [-0.25, -0.2) is 0 Å². The number of tetrazole rings is 1. The molecule has 2 aromatic rings. The van der Waals surface area contributed by atoms with Crippen LogP contribution in [0.2, 0.25) is 5.02 Å². The topological polar surface area (TPSA) is 55.6 Å². The largest absolute Gasteiger partial charge is 0.308 e. The maximum Gasteiger partial charge on any atom is 0.176 e. The van der Waals surface area contributed by atoms with Gasteiger partial charge in [0, 0.05) is 5.02 Å². The van der Waals surface area contributed by atoms with E-state index in [4.69, 9.17) is 11.6 Å². The molecule has 0 fully saturated rings. The molecule has 1 N–H and O–H groups in total. The van der Waals surface area contributed by atoms with Gasteiger partial charge in [0.05, 0.1) is 11.2 Å². The minimum absolute atomic E-state index is 0.261. The van der Waals surface area contributed by atoms with Crippen LogP contribution in [0.5, 0.6) is 0 Å². The highest BCUT2D eigenvalue weighted by atomic mass is 35.5. The molecule has 0 amide bonds. The summed E-state index contributed by atoms with van der Waals surface area (Å²) in [6.07, 6.45) is 0.886. The Labute approximate surface area is 111 Å². The van der Waals surface area contributed by atoms with Crippen LogP contribution in [0.25, 0.3) is 5.69 Å². The summed E-state index contributed by atoms with van der Waals surface area (Å²) in [5.74, 6) is 0.787. The molecule has 0 bridgehead atoms. The molecule has 1 atom stereocenters. The Morgan fingerprint density at radius 2 is 2.00 bits per heavy atom. The molecule has 0 spiro atoms. The summed E-state index contributed by atoms with van der Waals surface area (Å²) in [4.78, 5) is 0. The van der Waals surface area contributed by atoms with Crippen LogP contribution in [-0.2, 0) is 5.54 Å². The van der Waals surface area contributed by atoms with Crippen LogP contribution >= 0.6 is 11.6 Å². The highest BCUT2D eigenvalue weighted by molar-refractivity contribution is 6.30. The highest BCUT2D eigenvalue weighted by Crippen LogP contribution is 2.23. The molecule has 2 rings (SSSR count). The first kappa shape index (κ1) is 13.0. The van der Waals surface area contributed by atoms with Crippen molar-refractivity contribution in [3.63, 3.8) is 0 Å². The zero-order valence-electron chi connectivity index (χ0n) is 10.7. The maximum absolute atomic E-state index is 5.88. The SMILES string of the molecule is CC[C@@](C)(NC)c1nnnn1-c1ccc(Cl)cc1. The van der Waals surface area contributed by atoms with Crippen LogP contribution in [0, 0.1) is 0 Å². The van der Waals surface area contributed by atoms with Crippen molar-refractivity contribution in [1.29, 1.82) is 0 Å². The van der Waals surface area contributed by atoms with E-state index in [2.05, 4.69) is 34.7 Å². The fourth-order valence-corrected chi connectivity index (χ4v) is 1.86. The van der Waals surface area contributed by atoms with Gasteiger partial charge in [-0.1, -0.05) is 18.5 Å². The molecule has 96 valence electrons. The van der Waals surface area contributed by atoms with Gasteiger partial charge in [-0.3, -0.25) is 0 Å². The summed E-state index contributed by atoms with van der Waals surface area (Å²) >= 11 is 5.88. The number of nitrogens with zero attached hydrogens (tertiary/aromatic N) is 4. The maximum atomic E-state index is 5.88. The standard InChI is InChI=1S/C12H16ClN5/c1-4-12(2,14-3)11-15-16-17-18(11)10-7-5-9(13)6-8-10/h5-8,14H,4H2,1-3H3/t12-/m1/s1. The monoisotopic (exact) mass is 265 g/mol. The summed E-state index contributed by atoms with van der Waals surface area (Å²) in [5, 5.41) is 15.9. The molecule has 6 heteroatoms. The van der Waals surface area contributed by atoms with Gasteiger partial charge in [0.1, 0.15) is 0 Å². The summed E-state index contributed by atoms with van der Waals surface area (Å²) in [5.41, 5.74) is 0.637. The minimum atomic E-state index is -0.261. The van der Waals surface area contributed by atoms with E-state index < -0.39 is 0 Å². The fraction of sp³-hybridized carbons (Fsp3) is 0.417. The first-order valence-electron chi connectivity index (χ1n) is 5.84. The van der Waals surface area contributed by atoms with Crippen molar-refractivity contribution in [1.82, 2.24) is 25.5 Å². The summed E-state index contributed by atoms with van der Waals surface area (Å²) in [6.45, 7) is 4.17. The third-order valence-electron chi connectivity index (χ3n) is 3.29. The van der Waals surface area contributed by atoms with Crippen LogP contribution in [-0.4, -0.2) is 27.3 Å². The van der Waals surface area contributed by atoms with E-state index >= 15 is 0 Å². The molecule has 1 aromatic heterocycles. The molecule has 0 saturated carbocycles. The molecule has 0 aliphatic heterocycles. The van der Waals surface area contributed by atoms with Gasteiger partial charge < -0.3 is 5.32 Å². The van der Waals surface area contributed by atoms with Crippen LogP contribution in [0.3, 0.4) is 0 Å². The lowest BCUT2D eigenvalue weighted by Gasteiger charge is -2.26. The molecule has 0 unspecified atom stereocenters. The summed E-state index contributed by atoms with van der Waals surface area (Å²) in [6, 6.07) is 7.44. The zero-order valence-corrected chi connectivity index (χ0v) is 11.4. The first-order valence-corrected chi connectivity index (χ1v) is 6.22. The second kappa shape index (κ2) is 5.04. The average molecular weight is 266 g/mol. The molecule has 1 aromatic carbocycles. The van der Waals surface area contributed by atoms with E-state index in [-0.39, 0.29) is 5.54 Å². The molecule has 0 radical (unpaired) electrons. The quantitative estimate of drug-likeness (QED) is 0.920. The van der Waals surface area contributed by atoms with E-state index in [1.807, 2.05) is 31.3 Å². The lowest BCUT2D eigenvalue weighted by molar-refractivity contribution is 0.354. The normalized spacial score (nSPS) is 14.4. The van der Waals surface area contributed by atoms with Gasteiger partial charge in [0.2, 0.25) is 0 Å². The number of hydrogen-bond acceptors (Lipinski definition) is 4. The third-order valence-corrected chi connectivity index (χ3v) is 3.55. The van der Waals surface area contributed by atoms with Crippen molar-refractivity contribution in [2.45, 2.75) is 25.8 Å². The van der Waals surface area contributed by atoms with Gasteiger partial charge in [-0.15, -0.1) is 5.10 Å². The second-order valence-electron chi connectivity index (χ2n) is 4.33. The van der Waals surface area contributed by atoms with Gasteiger partial charge in [0.15, 0.2) is 5.82 Å². The Morgan fingerprint density at radius 3 is 2.56 bits per heavy atom. The molecular formula is C12H16ClN5. The Balaban J connectivity index is 2.48. The average Bonchev–Trinajstić information content (AvgIpc) is 2.88. The number of aromatic nitrogens is 4. The van der Waals surface area contributed by atoms with Gasteiger partial charge >= 0.3 is 0 Å². The Bertz CT molecular complexity index is 516. The third kappa shape index (κ3) is 2.23. The van der Waals surface area contributed by atoms with Crippen LogP contribution in [0.1, 0.15) is 26.1 Å². The first-order chi connectivity index (χ1) is 8.60. The van der Waals surface area contributed by atoms with Gasteiger partial charge in [-0.2, -0.15) is 4.68 Å². The van der Waals surface area contributed by atoms with Crippen LogP contribution in [0.15, 0.2) is 24.3 Å². The lowest BCUT2D eigenvalue weighted by atomic mass is 9.98. The fourth-order valence-electron chi connectivity index (χ4n) is 1.73. The number of benzene rings is 1. The highest BCUT2D eigenvalue weighted by Gasteiger charge is 2.29. The molecule has 0 saturated heterocycles. The van der Waals surface area contributed by atoms with Crippen LogP contribution in [0.4, 0.5) is 0 Å². The van der Waals surface area contributed by atoms with Crippen molar-refractivity contribution in [2.75, 3.05) is 7.05 Å². The van der Waals surface area contributed by atoms with E-state index in [9.17, 15) is 0 Å². The number of halogens is 1. The Kier molecular flexibility index (Phi) is 3.63.